The second kappa shape index (κ2) is 6.53. The lowest BCUT2D eigenvalue weighted by Gasteiger charge is -2.19. The molecule has 2 aromatic heterocycles. The summed E-state index contributed by atoms with van der Waals surface area (Å²) in [6.45, 7) is 3.92. The van der Waals surface area contributed by atoms with Gasteiger partial charge in [0.05, 0.1) is 6.04 Å². The summed E-state index contributed by atoms with van der Waals surface area (Å²) in [5.41, 5.74) is 0. The van der Waals surface area contributed by atoms with Gasteiger partial charge in [-0.25, -0.2) is 4.98 Å². The molecule has 1 amide bonds. The minimum Gasteiger partial charge on any atom is -0.453 e. The molecule has 0 aromatic carbocycles. The van der Waals surface area contributed by atoms with Gasteiger partial charge in [0.2, 0.25) is 0 Å². The summed E-state index contributed by atoms with van der Waals surface area (Å²) >= 11 is 0. The van der Waals surface area contributed by atoms with Crippen LogP contribution in [-0.4, -0.2) is 25.8 Å². The highest BCUT2D eigenvalue weighted by atomic mass is 16.4. The number of amides is 1. The molecule has 21 heavy (non-hydrogen) atoms. The summed E-state index contributed by atoms with van der Waals surface area (Å²) < 4.78 is 6.89. The number of carbonyl (C=O) groups is 1. The van der Waals surface area contributed by atoms with Gasteiger partial charge in [0.25, 0.3) is 5.91 Å². The van der Waals surface area contributed by atoms with Crippen molar-refractivity contribution in [2.24, 2.45) is 13.0 Å². The molecular formula is C14H20N4O3. The van der Waals surface area contributed by atoms with Gasteiger partial charge in [0.1, 0.15) is 24.5 Å². The molecule has 7 heteroatoms. The summed E-state index contributed by atoms with van der Waals surface area (Å²) in [5.74, 6) is 1.29. The van der Waals surface area contributed by atoms with Crippen molar-refractivity contribution in [3.05, 3.63) is 35.8 Å². The van der Waals surface area contributed by atoms with E-state index in [9.17, 15) is 4.79 Å². The first-order valence-electron chi connectivity index (χ1n) is 6.85. The van der Waals surface area contributed by atoms with Gasteiger partial charge >= 0.3 is 0 Å². The molecule has 1 atom stereocenters. The average Bonchev–Trinajstić information content (AvgIpc) is 3.05. The van der Waals surface area contributed by atoms with Crippen LogP contribution >= 0.6 is 0 Å². The number of nitrogens with one attached hydrogen (secondary N) is 1. The van der Waals surface area contributed by atoms with Crippen LogP contribution in [0.25, 0.3) is 0 Å². The molecule has 2 rings (SSSR count). The lowest BCUT2D eigenvalue weighted by Crippen LogP contribution is -2.31. The fourth-order valence-corrected chi connectivity index (χ4v) is 2.14. The van der Waals surface area contributed by atoms with Crippen LogP contribution in [-0.2, 0) is 13.7 Å². The Morgan fingerprint density at radius 2 is 2.24 bits per heavy atom. The molecule has 2 N–H and O–H groups in total. The van der Waals surface area contributed by atoms with Crippen LogP contribution < -0.4 is 5.32 Å². The molecule has 0 aliphatic carbocycles. The molecule has 114 valence electrons. The number of nitrogens with zero attached hydrogens (tertiary/aromatic N) is 3. The van der Waals surface area contributed by atoms with Crippen molar-refractivity contribution in [2.75, 3.05) is 0 Å². The lowest BCUT2D eigenvalue weighted by atomic mass is 10.0. The largest absolute Gasteiger partial charge is 0.453 e. The van der Waals surface area contributed by atoms with Crippen molar-refractivity contribution >= 4 is 5.91 Å². The number of aromatic nitrogens is 3. The minimum atomic E-state index is -0.330. The highest BCUT2D eigenvalue weighted by Crippen LogP contribution is 2.20. The molecular weight excluding hydrogens is 272 g/mol. The Morgan fingerprint density at radius 3 is 2.76 bits per heavy atom. The second-order valence-electron chi connectivity index (χ2n) is 5.32. The summed E-state index contributed by atoms with van der Waals surface area (Å²) in [7, 11) is 1.79. The van der Waals surface area contributed by atoms with E-state index in [0.717, 1.165) is 6.42 Å². The Bertz CT molecular complexity index is 603. The third-order valence-electron chi connectivity index (χ3n) is 3.11. The van der Waals surface area contributed by atoms with Gasteiger partial charge in [0.15, 0.2) is 5.76 Å². The van der Waals surface area contributed by atoms with Crippen molar-refractivity contribution in [3.8, 4) is 0 Å². The Kier molecular flexibility index (Phi) is 4.74. The molecule has 2 aromatic rings. The van der Waals surface area contributed by atoms with Crippen molar-refractivity contribution < 1.29 is 14.3 Å². The number of aliphatic hydroxyl groups excluding tert-OH is 1. The monoisotopic (exact) mass is 292 g/mol. The number of rotatable bonds is 6. The van der Waals surface area contributed by atoms with Gasteiger partial charge in [0, 0.05) is 7.05 Å². The number of aliphatic hydroxyl groups is 1. The Morgan fingerprint density at radius 1 is 1.48 bits per heavy atom. The summed E-state index contributed by atoms with van der Waals surface area (Å²) in [4.78, 5) is 16.4. The number of hydrogen-bond donors (Lipinski definition) is 2. The van der Waals surface area contributed by atoms with Crippen molar-refractivity contribution in [1.29, 1.82) is 0 Å². The molecule has 2 heterocycles. The number of furan rings is 1. The van der Waals surface area contributed by atoms with E-state index in [0.29, 0.717) is 17.5 Å². The van der Waals surface area contributed by atoms with E-state index in [1.54, 1.807) is 23.9 Å². The maximum atomic E-state index is 12.2. The fraction of sp³-hybridized carbons (Fsp3) is 0.500. The zero-order chi connectivity index (χ0) is 15.4. The third-order valence-corrected chi connectivity index (χ3v) is 3.11. The molecule has 0 saturated heterocycles. The first-order chi connectivity index (χ1) is 10.0. The third kappa shape index (κ3) is 3.69. The zero-order valence-corrected chi connectivity index (χ0v) is 12.4. The molecule has 0 spiro atoms. The van der Waals surface area contributed by atoms with Crippen LogP contribution in [0.5, 0.6) is 0 Å². The number of aryl methyl sites for hydroxylation is 1. The molecule has 0 aliphatic heterocycles. The average molecular weight is 292 g/mol. The molecule has 0 bridgehead atoms. The van der Waals surface area contributed by atoms with Crippen LogP contribution in [0.15, 0.2) is 22.9 Å². The van der Waals surface area contributed by atoms with Gasteiger partial charge in [-0.05, 0) is 24.5 Å². The maximum absolute atomic E-state index is 12.2. The van der Waals surface area contributed by atoms with Gasteiger partial charge in [-0.2, -0.15) is 5.10 Å². The van der Waals surface area contributed by atoms with E-state index in [-0.39, 0.29) is 24.3 Å². The van der Waals surface area contributed by atoms with Crippen molar-refractivity contribution in [3.63, 3.8) is 0 Å². The summed E-state index contributed by atoms with van der Waals surface area (Å²) in [6, 6.07) is 2.88. The van der Waals surface area contributed by atoms with Gasteiger partial charge < -0.3 is 14.8 Å². The molecule has 0 saturated carbocycles. The number of hydrogen-bond acceptors (Lipinski definition) is 5. The summed E-state index contributed by atoms with van der Waals surface area (Å²) in [5, 5.41) is 15.9. The predicted molar refractivity (Wildman–Crippen MR) is 75.3 cm³/mol. The zero-order valence-electron chi connectivity index (χ0n) is 12.4. The van der Waals surface area contributed by atoms with Crippen molar-refractivity contribution in [2.45, 2.75) is 32.9 Å². The van der Waals surface area contributed by atoms with Crippen LogP contribution in [0.4, 0.5) is 0 Å². The van der Waals surface area contributed by atoms with E-state index in [2.05, 4.69) is 29.2 Å². The molecule has 7 nitrogen and oxygen atoms in total. The Hall–Kier alpha value is -2.15. The molecule has 0 unspecified atom stereocenters. The predicted octanol–water partition coefficient (Wildman–Crippen LogP) is 1.42. The van der Waals surface area contributed by atoms with E-state index in [1.165, 1.54) is 6.33 Å². The molecule has 0 radical (unpaired) electrons. The van der Waals surface area contributed by atoms with Crippen LogP contribution in [0, 0.1) is 5.92 Å². The van der Waals surface area contributed by atoms with E-state index in [4.69, 9.17) is 9.52 Å². The number of carbonyl (C=O) groups excluding carboxylic acids is 1. The topological polar surface area (TPSA) is 93.2 Å². The first-order valence-corrected chi connectivity index (χ1v) is 6.85. The SMILES string of the molecule is CC(C)C[C@H](NC(=O)c1ccc(CO)o1)c1ncnn1C. The normalized spacial score (nSPS) is 12.6. The minimum absolute atomic E-state index is 0.176. The highest BCUT2D eigenvalue weighted by molar-refractivity contribution is 5.91. The second-order valence-corrected chi connectivity index (χ2v) is 5.32. The van der Waals surface area contributed by atoms with Crippen LogP contribution in [0.1, 0.15) is 48.4 Å². The smallest absolute Gasteiger partial charge is 0.287 e. The molecule has 0 fully saturated rings. The van der Waals surface area contributed by atoms with Crippen LogP contribution in [0.2, 0.25) is 0 Å². The van der Waals surface area contributed by atoms with E-state index in [1.807, 2.05) is 0 Å². The summed E-state index contributed by atoms with van der Waals surface area (Å²) in [6.07, 6.45) is 2.21. The van der Waals surface area contributed by atoms with Crippen LogP contribution in [0.3, 0.4) is 0 Å². The van der Waals surface area contributed by atoms with Gasteiger partial charge in [-0.15, -0.1) is 0 Å². The van der Waals surface area contributed by atoms with E-state index >= 15 is 0 Å². The Balaban J connectivity index is 2.15. The van der Waals surface area contributed by atoms with E-state index < -0.39 is 0 Å². The Labute approximate surface area is 123 Å². The van der Waals surface area contributed by atoms with Crippen molar-refractivity contribution in [1.82, 2.24) is 20.1 Å². The maximum Gasteiger partial charge on any atom is 0.287 e. The first kappa shape index (κ1) is 15.2. The van der Waals surface area contributed by atoms with Gasteiger partial charge in [-0.3, -0.25) is 9.48 Å². The molecule has 0 aliphatic rings. The lowest BCUT2D eigenvalue weighted by molar-refractivity contribution is 0.0896. The highest BCUT2D eigenvalue weighted by Gasteiger charge is 2.22. The standard InChI is InChI=1S/C14H20N4O3/c1-9(2)6-11(13-15-8-16-18(13)3)17-14(20)12-5-4-10(7-19)21-12/h4-5,8-9,11,19H,6-7H2,1-3H3,(H,17,20)/t11-/m0/s1. The van der Waals surface area contributed by atoms with Gasteiger partial charge in [-0.1, -0.05) is 13.8 Å². The quantitative estimate of drug-likeness (QED) is 0.840. The fourth-order valence-electron chi connectivity index (χ4n) is 2.14.